The Hall–Kier alpha value is -1.82. The number of carbonyl (C=O) groups is 1. The standard InChI is InChI=1S/C12H18N4O2/c1-12(3-2-4-18-12)7-16-9-6-15-10(13)5-8(9)11(14)17/h5-6,16H,2-4,7H2,1H3,(H2,13,15)(H2,14,17). The predicted octanol–water partition coefficient (Wildman–Crippen LogP) is 0.744. The summed E-state index contributed by atoms with van der Waals surface area (Å²) in [5.74, 6) is -0.248. The lowest BCUT2D eigenvalue weighted by Gasteiger charge is -2.24. The van der Waals surface area contributed by atoms with Crippen LogP contribution in [0.15, 0.2) is 12.3 Å². The largest absolute Gasteiger partial charge is 0.384 e. The van der Waals surface area contributed by atoms with Crippen molar-refractivity contribution in [3.05, 3.63) is 17.8 Å². The highest BCUT2D eigenvalue weighted by Gasteiger charge is 2.29. The maximum absolute atomic E-state index is 11.3. The Labute approximate surface area is 106 Å². The second-order valence-electron chi connectivity index (χ2n) is 4.77. The van der Waals surface area contributed by atoms with Gasteiger partial charge in [0, 0.05) is 13.2 Å². The zero-order valence-corrected chi connectivity index (χ0v) is 10.4. The number of nitrogens with two attached hydrogens (primary N) is 2. The van der Waals surface area contributed by atoms with E-state index in [9.17, 15) is 4.79 Å². The summed E-state index contributed by atoms with van der Waals surface area (Å²) in [6.45, 7) is 3.43. The van der Waals surface area contributed by atoms with Crippen LogP contribution in [0.2, 0.25) is 0 Å². The van der Waals surface area contributed by atoms with Gasteiger partial charge in [0.15, 0.2) is 0 Å². The number of pyridine rings is 1. The number of carbonyl (C=O) groups excluding carboxylic acids is 1. The Kier molecular flexibility index (Phi) is 3.38. The van der Waals surface area contributed by atoms with E-state index in [1.54, 1.807) is 0 Å². The lowest BCUT2D eigenvalue weighted by atomic mass is 10.0. The van der Waals surface area contributed by atoms with Crippen molar-refractivity contribution < 1.29 is 9.53 Å². The average Bonchev–Trinajstić information content (AvgIpc) is 2.75. The van der Waals surface area contributed by atoms with Crippen LogP contribution in [0.3, 0.4) is 0 Å². The second kappa shape index (κ2) is 4.81. The van der Waals surface area contributed by atoms with Gasteiger partial charge in [-0.1, -0.05) is 0 Å². The molecule has 1 unspecified atom stereocenters. The van der Waals surface area contributed by atoms with E-state index in [4.69, 9.17) is 16.2 Å². The van der Waals surface area contributed by atoms with Crippen molar-refractivity contribution in [1.29, 1.82) is 0 Å². The van der Waals surface area contributed by atoms with Crippen LogP contribution < -0.4 is 16.8 Å². The van der Waals surface area contributed by atoms with Crippen LogP contribution in [0.5, 0.6) is 0 Å². The van der Waals surface area contributed by atoms with Crippen molar-refractivity contribution in [2.45, 2.75) is 25.4 Å². The molecule has 1 aromatic rings. The van der Waals surface area contributed by atoms with Gasteiger partial charge in [-0.05, 0) is 25.8 Å². The van der Waals surface area contributed by atoms with E-state index >= 15 is 0 Å². The second-order valence-corrected chi connectivity index (χ2v) is 4.77. The zero-order chi connectivity index (χ0) is 13.2. The highest BCUT2D eigenvalue weighted by Crippen LogP contribution is 2.26. The van der Waals surface area contributed by atoms with Gasteiger partial charge in [-0.25, -0.2) is 4.98 Å². The van der Waals surface area contributed by atoms with E-state index in [0.717, 1.165) is 19.4 Å². The van der Waals surface area contributed by atoms with Gasteiger partial charge < -0.3 is 21.5 Å². The third kappa shape index (κ3) is 2.70. The van der Waals surface area contributed by atoms with Gasteiger partial charge in [0.05, 0.1) is 23.0 Å². The van der Waals surface area contributed by atoms with Gasteiger partial charge >= 0.3 is 0 Å². The van der Waals surface area contributed by atoms with Gasteiger partial charge in [-0.15, -0.1) is 0 Å². The molecule has 0 aromatic carbocycles. The van der Waals surface area contributed by atoms with Crippen molar-refractivity contribution >= 4 is 17.4 Å². The number of amides is 1. The number of nitrogens with one attached hydrogen (secondary N) is 1. The van der Waals surface area contributed by atoms with Crippen LogP contribution in [0.25, 0.3) is 0 Å². The van der Waals surface area contributed by atoms with Gasteiger partial charge in [0.25, 0.3) is 5.91 Å². The molecule has 98 valence electrons. The molecular formula is C12H18N4O2. The zero-order valence-electron chi connectivity index (χ0n) is 10.4. The first kappa shape index (κ1) is 12.6. The van der Waals surface area contributed by atoms with Crippen LogP contribution in [0.4, 0.5) is 11.5 Å². The first-order chi connectivity index (χ1) is 8.50. The lowest BCUT2D eigenvalue weighted by Crippen LogP contribution is -2.33. The van der Waals surface area contributed by atoms with Gasteiger partial charge in [0.1, 0.15) is 5.82 Å². The van der Waals surface area contributed by atoms with Gasteiger partial charge in [-0.3, -0.25) is 4.79 Å². The van der Waals surface area contributed by atoms with E-state index in [1.807, 2.05) is 6.92 Å². The minimum atomic E-state index is -0.524. The minimum absolute atomic E-state index is 0.198. The fourth-order valence-corrected chi connectivity index (χ4v) is 2.07. The van der Waals surface area contributed by atoms with Crippen LogP contribution in [-0.2, 0) is 4.74 Å². The molecule has 0 spiro atoms. The molecule has 1 aliphatic heterocycles. The molecule has 6 nitrogen and oxygen atoms in total. The number of aromatic nitrogens is 1. The van der Waals surface area contributed by atoms with Gasteiger partial charge in [-0.2, -0.15) is 0 Å². The summed E-state index contributed by atoms with van der Waals surface area (Å²) in [7, 11) is 0. The van der Waals surface area contributed by atoms with Crippen molar-refractivity contribution in [2.24, 2.45) is 5.73 Å². The van der Waals surface area contributed by atoms with Crippen molar-refractivity contribution in [1.82, 2.24) is 4.98 Å². The van der Waals surface area contributed by atoms with Crippen LogP contribution in [0, 0.1) is 0 Å². The van der Waals surface area contributed by atoms with E-state index < -0.39 is 5.91 Å². The molecule has 0 radical (unpaired) electrons. The molecule has 0 bridgehead atoms. The molecule has 2 rings (SSSR count). The molecule has 1 saturated heterocycles. The maximum atomic E-state index is 11.3. The number of ether oxygens (including phenoxy) is 1. The number of nitrogen functional groups attached to an aromatic ring is 1. The van der Waals surface area contributed by atoms with Crippen molar-refractivity contribution in [2.75, 3.05) is 24.2 Å². The molecule has 0 aliphatic carbocycles. The molecular weight excluding hydrogens is 232 g/mol. The third-order valence-electron chi connectivity index (χ3n) is 3.14. The predicted molar refractivity (Wildman–Crippen MR) is 69.2 cm³/mol. The monoisotopic (exact) mass is 250 g/mol. The first-order valence-corrected chi connectivity index (χ1v) is 5.93. The molecule has 0 saturated carbocycles. The third-order valence-corrected chi connectivity index (χ3v) is 3.14. The number of rotatable bonds is 4. The van der Waals surface area contributed by atoms with Crippen molar-refractivity contribution in [3.63, 3.8) is 0 Å². The van der Waals surface area contributed by atoms with E-state index in [-0.39, 0.29) is 11.4 Å². The van der Waals surface area contributed by atoms with Crippen LogP contribution >= 0.6 is 0 Å². The number of hydrogen-bond acceptors (Lipinski definition) is 5. The molecule has 1 aliphatic rings. The Morgan fingerprint density at radius 2 is 2.44 bits per heavy atom. The Balaban J connectivity index is 2.11. The topological polar surface area (TPSA) is 103 Å². The Morgan fingerprint density at radius 3 is 3.06 bits per heavy atom. The molecule has 5 N–H and O–H groups in total. The average molecular weight is 250 g/mol. The quantitative estimate of drug-likeness (QED) is 0.731. The summed E-state index contributed by atoms with van der Waals surface area (Å²) >= 11 is 0. The summed E-state index contributed by atoms with van der Waals surface area (Å²) in [6.07, 6.45) is 3.57. The summed E-state index contributed by atoms with van der Waals surface area (Å²) < 4.78 is 5.66. The first-order valence-electron chi connectivity index (χ1n) is 5.93. The highest BCUT2D eigenvalue weighted by atomic mass is 16.5. The highest BCUT2D eigenvalue weighted by molar-refractivity contribution is 5.98. The number of anilines is 2. The van der Waals surface area contributed by atoms with Crippen LogP contribution in [0.1, 0.15) is 30.1 Å². The van der Waals surface area contributed by atoms with E-state index in [0.29, 0.717) is 17.8 Å². The summed E-state index contributed by atoms with van der Waals surface area (Å²) in [6, 6.07) is 1.47. The summed E-state index contributed by atoms with van der Waals surface area (Å²) in [5.41, 5.74) is 11.6. The molecule has 18 heavy (non-hydrogen) atoms. The summed E-state index contributed by atoms with van der Waals surface area (Å²) in [4.78, 5) is 15.3. The number of nitrogens with zero attached hydrogens (tertiary/aromatic N) is 1. The lowest BCUT2D eigenvalue weighted by molar-refractivity contribution is 0.0315. The van der Waals surface area contributed by atoms with Crippen LogP contribution in [-0.4, -0.2) is 29.6 Å². The van der Waals surface area contributed by atoms with Gasteiger partial charge in [0.2, 0.25) is 0 Å². The molecule has 1 atom stereocenters. The summed E-state index contributed by atoms with van der Waals surface area (Å²) in [5, 5.41) is 3.16. The molecule has 2 heterocycles. The Bertz CT molecular complexity index is 455. The Morgan fingerprint density at radius 1 is 1.67 bits per heavy atom. The maximum Gasteiger partial charge on any atom is 0.250 e. The fraction of sp³-hybridized carbons (Fsp3) is 0.500. The number of hydrogen-bond donors (Lipinski definition) is 3. The molecule has 1 amide bonds. The van der Waals surface area contributed by atoms with E-state index in [2.05, 4.69) is 10.3 Å². The SMILES string of the molecule is CC1(CNc2cnc(N)cc2C(N)=O)CCCO1. The molecule has 6 heteroatoms. The minimum Gasteiger partial charge on any atom is -0.384 e. The number of primary amides is 1. The normalized spacial score (nSPS) is 22.9. The van der Waals surface area contributed by atoms with Crippen molar-refractivity contribution in [3.8, 4) is 0 Å². The molecule has 1 fully saturated rings. The van der Waals surface area contributed by atoms with E-state index in [1.165, 1.54) is 12.3 Å². The fourth-order valence-electron chi connectivity index (χ4n) is 2.07. The molecule has 1 aromatic heterocycles. The smallest absolute Gasteiger partial charge is 0.250 e.